The van der Waals surface area contributed by atoms with Gasteiger partial charge in [0.2, 0.25) is 5.13 Å². The third kappa shape index (κ3) is 2.61. The quantitative estimate of drug-likeness (QED) is 0.700. The van der Waals surface area contributed by atoms with Crippen molar-refractivity contribution < 1.29 is 0 Å². The third-order valence-electron chi connectivity index (χ3n) is 3.77. The van der Waals surface area contributed by atoms with Crippen LogP contribution in [0.4, 0.5) is 10.8 Å². The Bertz CT molecular complexity index is 853. The Kier molecular flexibility index (Phi) is 3.66. The van der Waals surface area contributed by atoms with Gasteiger partial charge in [0.25, 0.3) is 0 Å². The Morgan fingerprint density at radius 2 is 1.58 bits per heavy atom. The van der Waals surface area contributed by atoms with Crippen LogP contribution in [-0.4, -0.2) is 10.8 Å². The maximum Gasteiger partial charge on any atom is 0.208 e. The predicted octanol–water partition coefficient (Wildman–Crippen LogP) is 4.65. The van der Waals surface area contributed by atoms with Crippen molar-refractivity contribution >= 4 is 28.0 Å². The summed E-state index contributed by atoms with van der Waals surface area (Å²) in [5.74, 6) is 0.671. The van der Waals surface area contributed by atoms with E-state index in [0.717, 1.165) is 22.1 Å². The second kappa shape index (κ2) is 5.98. The highest BCUT2D eigenvalue weighted by Crippen LogP contribution is 2.35. The summed E-state index contributed by atoms with van der Waals surface area (Å²) in [5.41, 5.74) is 7.64. The van der Waals surface area contributed by atoms with Crippen molar-refractivity contribution in [1.29, 1.82) is 0 Å². The summed E-state index contributed by atoms with van der Waals surface area (Å²) in [6.07, 6.45) is 0. The number of aryl methyl sites for hydroxylation is 2. The minimum atomic E-state index is 0.671. The molecule has 0 radical (unpaired) electrons. The molecular formula is C18H16N5S-. The first-order valence-corrected chi connectivity index (χ1v) is 8.49. The summed E-state index contributed by atoms with van der Waals surface area (Å²) in [6.45, 7) is 4.08. The van der Waals surface area contributed by atoms with E-state index in [1.54, 1.807) is 21.6 Å². The molecule has 0 N–H and O–H groups in total. The van der Waals surface area contributed by atoms with Gasteiger partial charge in [-0.3, -0.25) is 5.12 Å². The molecule has 2 heterocycles. The molecule has 1 aliphatic rings. The van der Waals surface area contributed by atoms with Crippen LogP contribution in [0.25, 0.3) is 5.43 Å². The highest BCUT2D eigenvalue weighted by molar-refractivity contribution is 7.15. The van der Waals surface area contributed by atoms with Gasteiger partial charge >= 0.3 is 0 Å². The standard InChI is InChI=1S/C18H16N5S/c1-13-14(2)24-18(19-13)23-21-17(15-9-5-3-6-10-15)20-22(23)16-11-7-4-8-12-16/h3-12H,1-2H3/q-1. The van der Waals surface area contributed by atoms with Crippen molar-refractivity contribution in [3.63, 3.8) is 0 Å². The van der Waals surface area contributed by atoms with Crippen LogP contribution < -0.4 is 10.2 Å². The van der Waals surface area contributed by atoms with Crippen molar-refractivity contribution in [1.82, 2.24) is 4.98 Å². The fourth-order valence-electron chi connectivity index (χ4n) is 2.38. The Balaban J connectivity index is 1.76. The molecule has 0 amide bonds. The molecule has 1 aromatic heterocycles. The molecule has 5 nitrogen and oxygen atoms in total. The number of hydrogen-bond donors (Lipinski definition) is 0. The number of hydrogen-bond acceptors (Lipinski definition) is 5. The number of rotatable bonds is 3. The molecule has 0 bridgehead atoms. The van der Waals surface area contributed by atoms with E-state index in [1.807, 2.05) is 67.6 Å². The van der Waals surface area contributed by atoms with Gasteiger partial charge in [-0.15, -0.1) is 11.3 Å². The Hall–Kier alpha value is -2.86. The summed E-state index contributed by atoms with van der Waals surface area (Å²) >= 11 is 1.61. The van der Waals surface area contributed by atoms with Crippen LogP contribution in [0.3, 0.4) is 0 Å². The summed E-state index contributed by atoms with van der Waals surface area (Å²) in [7, 11) is 0. The maximum absolute atomic E-state index is 4.70. The minimum Gasteiger partial charge on any atom is -0.351 e. The Labute approximate surface area is 144 Å². The first-order valence-electron chi connectivity index (χ1n) is 7.67. The van der Waals surface area contributed by atoms with Gasteiger partial charge in [0.05, 0.1) is 11.4 Å². The molecule has 2 aromatic carbocycles. The van der Waals surface area contributed by atoms with Gasteiger partial charge in [0.1, 0.15) is 0 Å². The van der Waals surface area contributed by atoms with E-state index >= 15 is 0 Å². The number of hydrazone groups is 1. The lowest BCUT2D eigenvalue weighted by Crippen LogP contribution is -2.31. The summed E-state index contributed by atoms with van der Waals surface area (Å²) in [4.78, 5) is 5.81. The number of amidine groups is 1. The van der Waals surface area contributed by atoms with Crippen LogP contribution in [0.2, 0.25) is 0 Å². The Morgan fingerprint density at radius 3 is 2.21 bits per heavy atom. The van der Waals surface area contributed by atoms with Crippen molar-refractivity contribution in [3.05, 3.63) is 82.2 Å². The van der Waals surface area contributed by atoms with Gasteiger partial charge in [-0.25, -0.2) is 10.1 Å². The van der Waals surface area contributed by atoms with E-state index in [0.29, 0.717) is 5.84 Å². The van der Waals surface area contributed by atoms with Crippen LogP contribution in [0.1, 0.15) is 16.1 Å². The largest absolute Gasteiger partial charge is 0.351 e. The molecule has 0 saturated heterocycles. The SMILES string of the molecule is Cc1nc(N2N=C(c3ccccc3)[N-]N2c2ccccc2)sc1C. The summed E-state index contributed by atoms with van der Waals surface area (Å²) in [5, 5.41) is 9.06. The average Bonchev–Trinajstić information content (AvgIpc) is 3.21. The maximum atomic E-state index is 4.70. The van der Waals surface area contributed by atoms with E-state index in [1.165, 1.54) is 4.88 Å². The average molecular weight is 334 g/mol. The normalized spacial score (nSPS) is 13.8. The van der Waals surface area contributed by atoms with E-state index in [2.05, 4.69) is 11.9 Å². The van der Waals surface area contributed by atoms with Crippen molar-refractivity contribution in [3.8, 4) is 0 Å². The zero-order chi connectivity index (χ0) is 16.5. The molecule has 0 aliphatic carbocycles. The van der Waals surface area contributed by atoms with E-state index in [-0.39, 0.29) is 0 Å². The summed E-state index contributed by atoms with van der Waals surface area (Å²) in [6, 6.07) is 20.0. The van der Waals surface area contributed by atoms with Gasteiger partial charge in [-0.2, -0.15) is 0 Å². The molecule has 120 valence electrons. The lowest BCUT2D eigenvalue weighted by molar-refractivity contribution is 0.879. The molecule has 24 heavy (non-hydrogen) atoms. The molecule has 1 aliphatic heterocycles. The lowest BCUT2D eigenvalue weighted by atomic mass is 10.2. The molecule has 0 saturated carbocycles. The first-order chi connectivity index (χ1) is 11.7. The smallest absolute Gasteiger partial charge is 0.208 e. The van der Waals surface area contributed by atoms with Crippen LogP contribution >= 0.6 is 11.3 Å². The number of benzene rings is 2. The number of nitrogens with zero attached hydrogens (tertiary/aromatic N) is 5. The predicted molar refractivity (Wildman–Crippen MR) is 99.3 cm³/mol. The van der Waals surface area contributed by atoms with Gasteiger partial charge < -0.3 is 10.5 Å². The van der Waals surface area contributed by atoms with Crippen LogP contribution in [0.5, 0.6) is 0 Å². The van der Waals surface area contributed by atoms with E-state index in [9.17, 15) is 0 Å². The zero-order valence-electron chi connectivity index (χ0n) is 13.4. The fourth-order valence-corrected chi connectivity index (χ4v) is 3.23. The topological polar surface area (TPSA) is 45.8 Å². The van der Waals surface area contributed by atoms with Crippen molar-refractivity contribution in [2.75, 3.05) is 10.2 Å². The van der Waals surface area contributed by atoms with Crippen LogP contribution in [0.15, 0.2) is 65.8 Å². The number of aromatic nitrogens is 1. The van der Waals surface area contributed by atoms with Gasteiger partial charge in [-0.05, 0) is 37.4 Å². The van der Waals surface area contributed by atoms with Crippen molar-refractivity contribution in [2.45, 2.75) is 13.8 Å². The van der Waals surface area contributed by atoms with E-state index in [4.69, 9.17) is 10.5 Å². The Morgan fingerprint density at radius 1 is 0.917 bits per heavy atom. The number of thiazole rings is 1. The van der Waals surface area contributed by atoms with Gasteiger partial charge in [-0.1, -0.05) is 48.5 Å². The monoisotopic (exact) mass is 334 g/mol. The van der Waals surface area contributed by atoms with Crippen LogP contribution in [-0.2, 0) is 0 Å². The molecule has 0 atom stereocenters. The lowest BCUT2D eigenvalue weighted by Gasteiger charge is -2.33. The van der Waals surface area contributed by atoms with Gasteiger partial charge in [0.15, 0.2) is 0 Å². The first kappa shape index (κ1) is 14.7. The van der Waals surface area contributed by atoms with Crippen LogP contribution in [0, 0.1) is 13.8 Å². The summed E-state index contributed by atoms with van der Waals surface area (Å²) < 4.78 is 0. The molecule has 0 spiro atoms. The molecule has 6 heteroatoms. The highest BCUT2D eigenvalue weighted by atomic mass is 32.1. The molecule has 0 unspecified atom stereocenters. The molecule has 4 rings (SSSR count). The number of para-hydroxylation sites is 1. The zero-order valence-corrected chi connectivity index (χ0v) is 14.2. The number of hydrazine groups is 1. The molecule has 0 fully saturated rings. The fraction of sp³-hybridized carbons (Fsp3) is 0.111. The second-order valence-electron chi connectivity index (χ2n) is 5.44. The van der Waals surface area contributed by atoms with Crippen molar-refractivity contribution in [2.24, 2.45) is 5.10 Å². The highest BCUT2D eigenvalue weighted by Gasteiger charge is 2.20. The minimum absolute atomic E-state index is 0.671. The number of anilines is 2. The van der Waals surface area contributed by atoms with Gasteiger partial charge in [0, 0.05) is 4.88 Å². The third-order valence-corrected chi connectivity index (χ3v) is 4.80. The van der Waals surface area contributed by atoms with E-state index < -0.39 is 0 Å². The molecular weight excluding hydrogens is 318 g/mol. The molecule has 3 aromatic rings. The second-order valence-corrected chi connectivity index (χ2v) is 6.62.